The zero-order chi connectivity index (χ0) is 12.1. The molecule has 90 valence electrons. The summed E-state index contributed by atoms with van der Waals surface area (Å²) in [4.78, 5) is 0. The highest BCUT2D eigenvalue weighted by Crippen LogP contribution is 2.29. The van der Waals surface area contributed by atoms with Crippen molar-refractivity contribution in [3.8, 4) is 11.5 Å². The minimum Gasteiger partial charge on any atom is -0.496 e. The van der Waals surface area contributed by atoms with Gasteiger partial charge in [0.2, 0.25) is 0 Å². The molecular weight excluding hydrogens is 204 g/mol. The number of ether oxygens (including phenoxy) is 2. The van der Waals surface area contributed by atoms with E-state index in [1.54, 1.807) is 21.1 Å². The molecule has 0 aromatic heterocycles. The third-order valence-corrected chi connectivity index (χ3v) is 2.66. The molecule has 0 aliphatic rings. The predicted octanol–water partition coefficient (Wildman–Crippen LogP) is 2.33. The van der Waals surface area contributed by atoms with E-state index in [-0.39, 0.29) is 6.10 Å². The molecule has 0 saturated carbocycles. The van der Waals surface area contributed by atoms with Gasteiger partial charge in [-0.15, -0.1) is 0 Å². The lowest BCUT2D eigenvalue weighted by atomic mass is 10.0. The monoisotopic (exact) mass is 224 g/mol. The molecule has 0 spiro atoms. The predicted molar refractivity (Wildman–Crippen MR) is 64.3 cm³/mol. The van der Waals surface area contributed by atoms with Crippen LogP contribution in [0.5, 0.6) is 11.5 Å². The summed E-state index contributed by atoms with van der Waals surface area (Å²) in [5, 5.41) is 9.26. The van der Waals surface area contributed by atoms with Crippen LogP contribution in [0.2, 0.25) is 0 Å². The molecule has 1 rings (SSSR count). The summed E-state index contributed by atoms with van der Waals surface area (Å²) < 4.78 is 10.6. The molecule has 1 N–H and O–H groups in total. The second-order valence-corrected chi connectivity index (χ2v) is 4.01. The van der Waals surface area contributed by atoms with E-state index >= 15 is 0 Å². The summed E-state index contributed by atoms with van der Waals surface area (Å²) in [6.45, 7) is 3.76. The minimum absolute atomic E-state index is 0.279. The van der Waals surface area contributed by atoms with E-state index in [4.69, 9.17) is 9.47 Å². The molecule has 0 radical (unpaired) electrons. The standard InChI is InChI=1S/C13H20O3/c1-9(14)5-6-11-7-12(15-3)10(2)13(8-11)16-4/h7-9,14H,5-6H2,1-4H3/t9-/m0/s1. The fraction of sp³-hybridized carbons (Fsp3) is 0.538. The Kier molecular flexibility index (Phi) is 4.62. The number of hydrogen-bond donors (Lipinski definition) is 1. The first-order chi connectivity index (χ1) is 7.58. The topological polar surface area (TPSA) is 38.7 Å². The summed E-state index contributed by atoms with van der Waals surface area (Å²) >= 11 is 0. The molecule has 3 nitrogen and oxygen atoms in total. The molecule has 0 bridgehead atoms. The smallest absolute Gasteiger partial charge is 0.125 e. The van der Waals surface area contributed by atoms with E-state index in [0.717, 1.165) is 35.5 Å². The maximum absolute atomic E-state index is 9.26. The van der Waals surface area contributed by atoms with E-state index < -0.39 is 0 Å². The van der Waals surface area contributed by atoms with Crippen molar-refractivity contribution in [3.63, 3.8) is 0 Å². The van der Waals surface area contributed by atoms with Crippen LogP contribution < -0.4 is 9.47 Å². The molecule has 0 heterocycles. The van der Waals surface area contributed by atoms with Gasteiger partial charge in [0, 0.05) is 5.56 Å². The van der Waals surface area contributed by atoms with Gasteiger partial charge in [-0.25, -0.2) is 0 Å². The lowest BCUT2D eigenvalue weighted by molar-refractivity contribution is 0.185. The van der Waals surface area contributed by atoms with Gasteiger partial charge >= 0.3 is 0 Å². The van der Waals surface area contributed by atoms with Gasteiger partial charge in [0.1, 0.15) is 11.5 Å². The van der Waals surface area contributed by atoms with Gasteiger partial charge in [0.05, 0.1) is 20.3 Å². The van der Waals surface area contributed by atoms with Gasteiger partial charge in [-0.05, 0) is 44.4 Å². The Morgan fingerprint density at radius 1 is 1.19 bits per heavy atom. The van der Waals surface area contributed by atoms with Crippen LogP contribution in [0.1, 0.15) is 24.5 Å². The molecule has 0 aliphatic heterocycles. The molecule has 0 aliphatic carbocycles. The van der Waals surface area contributed by atoms with E-state index in [1.807, 2.05) is 19.1 Å². The lowest BCUT2D eigenvalue weighted by Gasteiger charge is -2.13. The van der Waals surface area contributed by atoms with Gasteiger partial charge in [-0.1, -0.05) is 0 Å². The van der Waals surface area contributed by atoms with Crippen LogP contribution in [0.4, 0.5) is 0 Å². The number of aryl methyl sites for hydroxylation is 1. The fourth-order valence-corrected chi connectivity index (χ4v) is 1.66. The van der Waals surface area contributed by atoms with Crippen molar-refractivity contribution in [1.29, 1.82) is 0 Å². The number of benzene rings is 1. The van der Waals surface area contributed by atoms with Gasteiger partial charge in [-0.2, -0.15) is 0 Å². The molecule has 1 aromatic carbocycles. The van der Waals surface area contributed by atoms with Crippen molar-refractivity contribution >= 4 is 0 Å². The highest BCUT2D eigenvalue weighted by atomic mass is 16.5. The van der Waals surface area contributed by atoms with Gasteiger partial charge < -0.3 is 14.6 Å². The van der Waals surface area contributed by atoms with E-state index in [2.05, 4.69) is 0 Å². The number of hydrogen-bond acceptors (Lipinski definition) is 3. The number of methoxy groups -OCH3 is 2. The third-order valence-electron chi connectivity index (χ3n) is 2.66. The lowest BCUT2D eigenvalue weighted by Crippen LogP contribution is -2.02. The number of aliphatic hydroxyl groups is 1. The van der Waals surface area contributed by atoms with Crippen molar-refractivity contribution in [2.24, 2.45) is 0 Å². The molecule has 0 amide bonds. The minimum atomic E-state index is -0.279. The average Bonchev–Trinajstić information content (AvgIpc) is 2.27. The highest BCUT2D eigenvalue weighted by Gasteiger charge is 2.08. The summed E-state index contributed by atoms with van der Waals surface area (Å²) in [6.07, 6.45) is 1.29. The van der Waals surface area contributed by atoms with E-state index in [1.165, 1.54) is 0 Å². The first-order valence-electron chi connectivity index (χ1n) is 5.48. The number of aliphatic hydroxyl groups excluding tert-OH is 1. The Morgan fingerprint density at radius 2 is 1.69 bits per heavy atom. The Balaban J connectivity index is 2.93. The van der Waals surface area contributed by atoms with Gasteiger partial charge in [0.15, 0.2) is 0 Å². The first-order valence-corrected chi connectivity index (χ1v) is 5.48. The van der Waals surface area contributed by atoms with Crippen LogP contribution in [0.25, 0.3) is 0 Å². The Morgan fingerprint density at radius 3 is 2.06 bits per heavy atom. The highest BCUT2D eigenvalue weighted by molar-refractivity contribution is 5.47. The fourth-order valence-electron chi connectivity index (χ4n) is 1.66. The van der Waals surface area contributed by atoms with Crippen LogP contribution in [0.15, 0.2) is 12.1 Å². The maximum Gasteiger partial charge on any atom is 0.125 e. The summed E-state index contributed by atoms with van der Waals surface area (Å²) in [6, 6.07) is 4.00. The molecule has 0 fully saturated rings. The quantitative estimate of drug-likeness (QED) is 0.834. The largest absolute Gasteiger partial charge is 0.496 e. The maximum atomic E-state index is 9.26. The van der Waals surface area contributed by atoms with Crippen LogP contribution in [0, 0.1) is 6.92 Å². The SMILES string of the molecule is COc1cc(CC[C@H](C)O)cc(OC)c1C. The average molecular weight is 224 g/mol. The zero-order valence-corrected chi connectivity index (χ0v) is 10.4. The molecule has 16 heavy (non-hydrogen) atoms. The molecule has 3 heteroatoms. The summed E-state index contributed by atoms with van der Waals surface area (Å²) in [5.41, 5.74) is 2.13. The van der Waals surface area contributed by atoms with Crippen molar-refractivity contribution in [3.05, 3.63) is 23.3 Å². The van der Waals surface area contributed by atoms with Crippen LogP contribution >= 0.6 is 0 Å². The molecule has 0 saturated heterocycles. The van der Waals surface area contributed by atoms with Crippen molar-refractivity contribution in [2.75, 3.05) is 14.2 Å². The molecule has 0 unspecified atom stereocenters. The molecular formula is C13H20O3. The number of rotatable bonds is 5. The first kappa shape index (κ1) is 12.8. The second-order valence-electron chi connectivity index (χ2n) is 4.01. The second kappa shape index (κ2) is 5.75. The van der Waals surface area contributed by atoms with Crippen molar-refractivity contribution < 1.29 is 14.6 Å². The van der Waals surface area contributed by atoms with Crippen LogP contribution in [0.3, 0.4) is 0 Å². The third kappa shape index (κ3) is 3.14. The molecule has 1 atom stereocenters. The van der Waals surface area contributed by atoms with Gasteiger partial charge in [0.25, 0.3) is 0 Å². The van der Waals surface area contributed by atoms with Crippen molar-refractivity contribution in [2.45, 2.75) is 32.8 Å². The molecule has 1 aromatic rings. The summed E-state index contributed by atoms with van der Waals surface area (Å²) in [5.74, 6) is 1.67. The Hall–Kier alpha value is -1.22. The van der Waals surface area contributed by atoms with Crippen LogP contribution in [-0.2, 0) is 6.42 Å². The zero-order valence-electron chi connectivity index (χ0n) is 10.4. The Bertz CT molecular complexity index is 320. The van der Waals surface area contributed by atoms with E-state index in [0.29, 0.717) is 0 Å². The van der Waals surface area contributed by atoms with Crippen molar-refractivity contribution in [1.82, 2.24) is 0 Å². The van der Waals surface area contributed by atoms with Gasteiger partial charge in [-0.3, -0.25) is 0 Å². The Labute approximate surface area is 97.0 Å². The van der Waals surface area contributed by atoms with E-state index in [9.17, 15) is 5.11 Å². The van der Waals surface area contributed by atoms with Crippen LogP contribution in [-0.4, -0.2) is 25.4 Å². The summed E-state index contributed by atoms with van der Waals surface area (Å²) in [7, 11) is 3.31. The normalized spacial score (nSPS) is 12.3.